The summed E-state index contributed by atoms with van der Waals surface area (Å²) in [6.45, 7) is 11.7. The molecular formula is C12H26OSi. The first-order chi connectivity index (χ1) is 6.43. The van der Waals surface area contributed by atoms with E-state index in [4.69, 9.17) is 4.43 Å². The highest BCUT2D eigenvalue weighted by Gasteiger charge is 2.33. The van der Waals surface area contributed by atoms with Crippen molar-refractivity contribution >= 4 is 8.32 Å². The lowest BCUT2D eigenvalue weighted by atomic mass is 9.88. The minimum absolute atomic E-state index is 0.563. The molecule has 0 saturated heterocycles. The summed E-state index contributed by atoms with van der Waals surface area (Å²) in [7, 11) is -1.41. The Labute approximate surface area is 90.4 Å². The van der Waals surface area contributed by atoms with E-state index in [1.807, 2.05) is 0 Å². The molecule has 0 bridgehead atoms. The highest BCUT2D eigenvalue weighted by molar-refractivity contribution is 6.72. The van der Waals surface area contributed by atoms with Crippen LogP contribution in [0.4, 0.5) is 0 Å². The van der Waals surface area contributed by atoms with Gasteiger partial charge in [0.2, 0.25) is 0 Å². The number of hydrogen-bond donors (Lipinski definition) is 0. The third-order valence-corrected chi connectivity index (χ3v) is 7.57. The first-order valence-electron chi connectivity index (χ1n) is 6.11. The maximum Gasteiger partial charge on any atom is 0.189 e. The van der Waals surface area contributed by atoms with Gasteiger partial charge >= 0.3 is 0 Å². The van der Waals surface area contributed by atoms with Crippen molar-refractivity contribution in [3.05, 3.63) is 0 Å². The quantitative estimate of drug-likeness (QED) is 0.640. The van der Waals surface area contributed by atoms with E-state index in [1.165, 1.54) is 25.7 Å². The van der Waals surface area contributed by atoms with Crippen molar-refractivity contribution < 1.29 is 4.43 Å². The van der Waals surface area contributed by atoms with Gasteiger partial charge < -0.3 is 4.43 Å². The van der Waals surface area contributed by atoms with Crippen LogP contribution in [0.2, 0.25) is 18.6 Å². The molecule has 1 saturated carbocycles. The Bertz CT molecular complexity index is 177. The van der Waals surface area contributed by atoms with Crippen molar-refractivity contribution in [3.8, 4) is 0 Å². The van der Waals surface area contributed by atoms with Gasteiger partial charge in [-0.25, -0.2) is 0 Å². The molecule has 1 aliphatic rings. The second-order valence-corrected chi connectivity index (χ2v) is 10.3. The van der Waals surface area contributed by atoms with Crippen LogP contribution in [0.1, 0.15) is 46.5 Å². The molecule has 0 aromatic heterocycles. The second kappa shape index (κ2) is 4.80. The van der Waals surface area contributed by atoms with Crippen molar-refractivity contribution in [1.29, 1.82) is 0 Å². The fourth-order valence-corrected chi connectivity index (χ4v) is 3.39. The van der Waals surface area contributed by atoms with Crippen LogP contribution in [-0.2, 0) is 4.43 Å². The maximum absolute atomic E-state index is 6.39. The monoisotopic (exact) mass is 214 g/mol. The van der Waals surface area contributed by atoms with Crippen molar-refractivity contribution in [1.82, 2.24) is 0 Å². The number of hydrogen-bond acceptors (Lipinski definition) is 1. The molecule has 0 heterocycles. The molecule has 2 heteroatoms. The Hall–Kier alpha value is 0.177. The predicted octanol–water partition coefficient (Wildman–Crippen LogP) is 4.20. The molecule has 84 valence electrons. The highest BCUT2D eigenvalue weighted by Crippen LogP contribution is 2.32. The molecule has 1 aliphatic carbocycles. The molecule has 1 rings (SSSR count). The highest BCUT2D eigenvalue weighted by atomic mass is 28.4. The molecule has 1 nitrogen and oxygen atoms in total. The third-order valence-electron chi connectivity index (χ3n) is 3.88. The van der Waals surface area contributed by atoms with Gasteiger partial charge in [-0.15, -0.1) is 0 Å². The van der Waals surface area contributed by atoms with Crippen LogP contribution < -0.4 is 0 Å². The molecule has 14 heavy (non-hydrogen) atoms. The molecule has 2 atom stereocenters. The van der Waals surface area contributed by atoms with Gasteiger partial charge in [-0.1, -0.05) is 33.6 Å². The molecule has 0 aliphatic heterocycles. The minimum Gasteiger partial charge on any atom is -0.414 e. The van der Waals surface area contributed by atoms with Crippen LogP contribution in [0.5, 0.6) is 0 Å². The van der Waals surface area contributed by atoms with Gasteiger partial charge in [0, 0.05) is 6.10 Å². The van der Waals surface area contributed by atoms with E-state index in [0.717, 1.165) is 11.5 Å². The summed E-state index contributed by atoms with van der Waals surface area (Å²) in [5, 5.41) is 0. The lowest BCUT2D eigenvalue weighted by Gasteiger charge is -2.37. The first kappa shape index (κ1) is 12.2. The lowest BCUT2D eigenvalue weighted by Crippen LogP contribution is -2.41. The summed E-state index contributed by atoms with van der Waals surface area (Å²) in [6, 6.07) is 0. The maximum atomic E-state index is 6.39. The van der Waals surface area contributed by atoms with Crippen molar-refractivity contribution in [2.75, 3.05) is 0 Å². The molecule has 0 amide bonds. The fourth-order valence-electron chi connectivity index (χ4n) is 1.98. The van der Waals surface area contributed by atoms with Crippen LogP contribution in [-0.4, -0.2) is 14.4 Å². The summed E-state index contributed by atoms with van der Waals surface area (Å²) in [6.07, 6.45) is 6.01. The average molecular weight is 214 g/mol. The summed E-state index contributed by atoms with van der Waals surface area (Å²) in [4.78, 5) is 0. The van der Waals surface area contributed by atoms with Gasteiger partial charge in [0.15, 0.2) is 8.32 Å². The van der Waals surface area contributed by atoms with Crippen LogP contribution in [0, 0.1) is 5.92 Å². The number of rotatable bonds is 3. The van der Waals surface area contributed by atoms with E-state index in [9.17, 15) is 0 Å². The fraction of sp³-hybridized carbons (Fsp3) is 1.00. The lowest BCUT2D eigenvalue weighted by molar-refractivity contribution is 0.0921. The summed E-state index contributed by atoms with van der Waals surface area (Å²) in [5.41, 5.74) is 0.733. The van der Waals surface area contributed by atoms with Gasteiger partial charge in [-0.05, 0) is 37.4 Å². The van der Waals surface area contributed by atoms with Gasteiger partial charge in [-0.3, -0.25) is 0 Å². The van der Waals surface area contributed by atoms with E-state index in [-0.39, 0.29) is 0 Å². The van der Waals surface area contributed by atoms with E-state index < -0.39 is 8.32 Å². The molecular weight excluding hydrogens is 188 g/mol. The first-order valence-corrected chi connectivity index (χ1v) is 9.10. The standard InChI is InChI=1S/C12H26OSi/c1-10(2)14(4,5)13-12-9-7-6-8-11(12)3/h10-12H,6-9H2,1-5H3. The molecule has 0 N–H and O–H groups in total. The average Bonchev–Trinajstić information content (AvgIpc) is 2.08. The zero-order valence-corrected chi connectivity index (χ0v) is 11.5. The van der Waals surface area contributed by atoms with E-state index in [1.54, 1.807) is 0 Å². The molecule has 0 spiro atoms. The van der Waals surface area contributed by atoms with E-state index in [0.29, 0.717) is 6.10 Å². The normalized spacial score (nSPS) is 29.6. The minimum atomic E-state index is -1.41. The van der Waals surface area contributed by atoms with Gasteiger partial charge in [0.05, 0.1) is 0 Å². The van der Waals surface area contributed by atoms with Crippen LogP contribution in [0.3, 0.4) is 0 Å². The van der Waals surface area contributed by atoms with E-state index in [2.05, 4.69) is 33.9 Å². The van der Waals surface area contributed by atoms with E-state index >= 15 is 0 Å². The smallest absolute Gasteiger partial charge is 0.189 e. The zero-order chi connectivity index (χ0) is 10.8. The van der Waals surface area contributed by atoms with Crippen LogP contribution >= 0.6 is 0 Å². The van der Waals surface area contributed by atoms with Crippen molar-refractivity contribution in [2.24, 2.45) is 5.92 Å². The van der Waals surface area contributed by atoms with Crippen molar-refractivity contribution in [2.45, 2.75) is 71.2 Å². The topological polar surface area (TPSA) is 9.23 Å². The second-order valence-electron chi connectivity index (χ2n) is 5.68. The zero-order valence-electron chi connectivity index (χ0n) is 10.5. The Morgan fingerprint density at radius 2 is 1.71 bits per heavy atom. The molecule has 0 radical (unpaired) electrons. The largest absolute Gasteiger partial charge is 0.414 e. The predicted molar refractivity (Wildman–Crippen MR) is 65.1 cm³/mol. The Morgan fingerprint density at radius 3 is 2.21 bits per heavy atom. The molecule has 2 unspecified atom stereocenters. The Kier molecular flexibility index (Phi) is 4.20. The SMILES string of the molecule is CC1CCCCC1O[Si](C)(C)C(C)C. The molecule has 0 aromatic carbocycles. The van der Waals surface area contributed by atoms with Gasteiger partial charge in [0.25, 0.3) is 0 Å². The Balaban J connectivity index is 2.49. The summed E-state index contributed by atoms with van der Waals surface area (Å²) < 4.78 is 6.39. The molecule has 1 fully saturated rings. The Morgan fingerprint density at radius 1 is 1.14 bits per heavy atom. The third kappa shape index (κ3) is 3.09. The summed E-state index contributed by atoms with van der Waals surface area (Å²) in [5.74, 6) is 0.786. The van der Waals surface area contributed by atoms with Crippen LogP contribution in [0.25, 0.3) is 0 Å². The molecule has 0 aromatic rings. The van der Waals surface area contributed by atoms with Gasteiger partial charge in [-0.2, -0.15) is 0 Å². The van der Waals surface area contributed by atoms with Crippen LogP contribution in [0.15, 0.2) is 0 Å². The van der Waals surface area contributed by atoms with Crippen molar-refractivity contribution in [3.63, 3.8) is 0 Å². The summed E-state index contributed by atoms with van der Waals surface area (Å²) >= 11 is 0. The van der Waals surface area contributed by atoms with Gasteiger partial charge in [0.1, 0.15) is 0 Å².